The van der Waals surface area contributed by atoms with Crippen molar-refractivity contribution in [1.82, 2.24) is 4.98 Å². The van der Waals surface area contributed by atoms with Crippen LogP contribution in [0.25, 0.3) is 10.9 Å². The number of rotatable bonds is 1. The predicted octanol–water partition coefficient (Wildman–Crippen LogP) is 2.74. The predicted molar refractivity (Wildman–Crippen MR) is 55.4 cm³/mol. The molecule has 0 aliphatic carbocycles. The van der Waals surface area contributed by atoms with Crippen molar-refractivity contribution >= 4 is 33.0 Å². The molecule has 0 amide bonds. The molecule has 0 saturated carbocycles. The molecule has 0 aliphatic rings. The molecule has 0 unspecified atom stereocenters. The molecule has 3 nitrogen and oxygen atoms in total. The maximum atomic E-state index is 8.41. The van der Waals surface area contributed by atoms with E-state index in [-0.39, 0.29) is 0 Å². The van der Waals surface area contributed by atoms with Crippen LogP contribution in [0.5, 0.6) is 0 Å². The van der Waals surface area contributed by atoms with Crippen LogP contribution in [-0.4, -0.2) is 16.4 Å². The summed E-state index contributed by atoms with van der Waals surface area (Å²) in [6.07, 6.45) is 3.21. The summed E-state index contributed by atoms with van der Waals surface area (Å²) in [5.74, 6) is 0. The van der Waals surface area contributed by atoms with Crippen molar-refractivity contribution in [3.8, 4) is 0 Å². The normalized spacial score (nSPS) is 11.5. The third-order valence-corrected chi connectivity index (χ3v) is 2.55. The number of aromatic amines is 1. The second kappa shape index (κ2) is 3.22. The molecule has 2 N–H and O–H groups in total. The number of fused-ring (bicyclic) bond motifs is 1. The number of aromatic nitrogens is 1. The quantitative estimate of drug-likeness (QED) is 0.448. The lowest BCUT2D eigenvalue weighted by Gasteiger charge is -1.92. The Morgan fingerprint density at radius 2 is 2.31 bits per heavy atom. The summed E-state index contributed by atoms with van der Waals surface area (Å²) in [6, 6.07) is 5.86. The Balaban J connectivity index is 2.75. The lowest BCUT2D eigenvalue weighted by atomic mass is 10.2. The molecule has 0 bridgehead atoms. The van der Waals surface area contributed by atoms with Crippen molar-refractivity contribution in [3.05, 3.63) is 34.4 Å². The highest BCUT2D eigenvalue weighted by molar-refractivity contribution is 9.10. The Hall–Kier alpha value is -1.29. The van der Waals surface area contributed by atoms with Crippen molar-refractivity contribution < 1.29 is 5.21 Å². The van der Waals surface area contributed by atoms with Crippen LogP contribution in [0.2, 0.25) is 0 Å². The highest BCUT2D eigenvalue weighted by Crippen LogP contribution is 2.24. The number of nitrogens with one attached hydrogen (secondary N) is 1. The number of para-hydroxylation sites is 1. The summed E-state index contributed by atoms with van der Waals surface area (Å²) >= 11 is 3.42. The van der Waals surface area contributed by atoms with Crippen molar-refractivity contribution in [3.63, 3.8) is 0 Å². The van der Waals surface area contributed by atoms with E-state index in [0.29, 0.717) is 0 Å². The molecule has 0 aliphatic heterocycles. The van der Waals surface area contributed by atoms with E-state index < -0.39 is 0 Å². The molecule has 1 heterocycles. The average Bonchev–Trinajstić information content (AvgIpc) is 2.51. The van der Waals surface area contributed by atoms with E-state index in [2.05, 4.69) is 26.1 Å². The second-order valence-electron chi connectivity index (χ2n) is 2.65. The van der Waals surface area contributed by atoms with Gasteiger partial charge in [-0.2, -0.15) is 0 Å². The zero-order valence-corrected chi connectivity index (χ0v) is 8.25. The van der Waals surface area contributed by atoms with E-state index in [9.17, 15) is 0 Å². The monoisotopic (exact) mass is 238 g/mol. The van der Waals surface area contributed by atoms with E-state index in [1.54, 1.807) is 6.20 Å². The highest BCUT2D eigenvalue weighted by Gasteiger charge is 2.03. The zero-order chi connectivity index (χ0) is 9.26. The zero-order valence-electron chi connectivity index (χ0n) is 6.66. The summed E-state index contributed by atoms with van der Waals surface area (Å²) in [5.41, 5.74) is 1.89. The SMILES string of the molecule is ON=Cc1c[nH]c2c(Br)cccc12. The second-order valence-corrected chi connectivity index (χ2v) is 3.51. The fraction of sp³-hybridized carbons (Fsp3) is 0. The molecule has 2 rings (SSSR count). The lowest BCUT2D eigenvalue weighted by Crippen LogP contribution is -1.76. The van der Waals surface area contributed by atoms with Crippen LogP contribution in [0.1, 0.15) is 5.56 Å². The van der Waals surface area contributed by atoms with Crippen LogP contribution in [0.4, 0.5) is 0 Å². The maximum absolute atomic E-state index is 8.41. The van der Waals surface area contributed by atoms with Crippen LogP contribution in [0, 0.1) is 0 Å². The Kier molecular flexibility index (Phi) is 2.06. The molecule has 13 heavy (non-hydrogen) atoms. The van der Waals surface area contributed by atoms with Gasteiger partial charge >= 0.3 is 0 Å². The number of H-pyrrole nitrogens is 1. The molecular formula is C9H7BrN2O. The Bertz CT molecular complexity index is 462. The van der Waals surface area contributed by atoms with Crippen LogP contribution in [-0.2, 0) is 0 Å². The van der Waals surface area contributed by atoms with Gasteiger partial charge in [0.05, 0.1) is 11.7 Å². The fourth-order valence-corrected chi connectivity index (χ4v) is 1.79. The topological polar surface area (TPSA) is 48.4 Å². The van der Waals surface area contributed by atoms with Gasteiger partial charge in [0.25, 0.3) is 0 Å². The molecule has 4 heteroatoms. The first-order chi connectivity index (χ1) is 6.33. The molecule has 66 valence electrons. The van der Waals surface area contributed by atoms with Crippen molar-refractivity contribution in [2.45, 2.75) is 0 Å². The van der Waals surface area contributed by atoms with Gasteiger partial charge in [-0.3, -0.25) is 0 Å². The summed E-state index contributed by atoms with van der Waals surface area (Å²) in [5, 5.41) is 12.4. The highest BCUT2D eigenvalue weighted by atomic mass is 79.9. The maximum Gasteiger partial charge on any atom is 0.0755 e. The fourth-order valence-electron chi connectivity index (χ4n) is 1.31. The van der Waals surface area contributed by atoms with Gasteiger partial charge in [-0.05, 0) is 22.0 Å². The molecule has 2 aromatic rings. The number of halogens is 1. The third kappa shape index (κ3) is 1.33. The molecule has 0 fully saturated rings. The van der Waals surface area contributed by atoms with Crippen LogP contribution < -0.4 is 0 Å². The van der Waals surface area contributed by atoms with E-state index in [0.717, 1.165) is 20.9 Å². The van der Waals surface area contributed by atoms with Gasteiger partial charge in [-0.25, -0.2) is 0 Å². The first-order valence-corrected chi connectivity index (χ1v) is 4.55. The molecule has 0 radical (unpaired) electrons. The molecular weight excluding hydrogens is 232 g/mol. The van der Waals surface area contributed by atoms with E-state index in [1.807, 2.05) is 18.2 Å². The van der Waals surface area contributed by atoms with Crippen molar-refractivity contribution in [2.75, 3.05) is 0 Å². The van der Waals surface area contributed by atoms with Gasteiger partial charge < -0.3 is 10.2 Å². The molecule has 1 aromatic carbocycles. The number of oxime groups is 1. The van der Waals surface area contributed by atoms with Gasteiger partial charge in [0.15, 0.2) is 0 Å². The Morgan fingerprint density at radius 1 is 1.46 bits per heavy atom. The van der Waals surface area contributed by atoms with Gasteiger partial charge in [0, 0.05) is 21.6 Å². The first-order valence-electron chi connectivity index (χ1n) is 3.76. The molecule has 1 aromatic heterocycles. The number of benzene rings is 1. The summed E-state index contributed by atoms with van der Waals surface area (Å²) in [7, 11) is 0. The van der Waals surface area contributed by atoms with E-state index in [1.165, 1.54) is 6.21 Å². The largest absolute Gasteiger partial charge is 0.411 e. The summed E-state index contributed by atoms with van der Waals surface area (Å²) in [4.78, 5) is 3.09. The van der Waals surface area contributed by atoms with Crippen molar-refractivity contribution in [1.29, 1.82) is 0 Å². The molecule has 0 atom stereocenters. The van der Waals surface area contributed by atoms with Crippen LogP contribution in [0.15, 0.2) is 34.0 Å². The standard InChI is InChI=1S/C9H7BrN2O/c10-8-3-1-2-7-6(5-12-13)4-11-9(7)8/h1-5,11,13H. The third-order valence-electron chi connectivity index (χ3n) is 1.89. The average molecular weight is 239 g/mol. The Labute approximate surface area is 83.2 Å². The molecule has 0 saturated heterocycles. The van der Waals surface area contributed by atoms with Crippen molar-refractivity contribution in [2.24, 2.45) is 5.16 Å². The lowest BCUT2D eigenvalue weighted by molar-refractivity contribution is 0.322. The van der Waals surface area contributed by atoms with Gasteiger partial charge in [0.1, 0.15) is 0 Å². The minimum Gasteiger partial charge on any atom is -0.411 e. The smallest absolute Gasteiger partial charge is 0.0755 e. The van der Waals surface area contributed by atoms with E-state index >= 15 is 0 Å². The Morgan fingerprint density at radius 3 is 3.08 bits per heavy atom. The van der Waals surface area contributed by atoms with Crippen LogP contribution >= 0.6 is 15.9 Å². The number of hydrogen-bond donors (Lipinski definition) is 2. The minimum atomic E-state index is 0.874. The summed E-state index contributed by atoms with van der Waals surface area (Å²) in [6.45, 7) is 0. The number of hydrogen-bond acceptors (Lipinski definition) is 2. The number of nitrogens with zero attached hydrogens (tertiary/aromatic N) is 1. The van der Waals surface area contributed by atoms with Crippen LogP contribution in [0.3, 0.4) is 0 Å². The first kappa shape index (κ1) is 8.31. The van der Waals surface area contributed by atoms with E-state index in [4.69, 9.17) is 5.21 Å². The molecule has 0 spiro atoms. The minimum absolute atomic E-state index is 0.874. The summed E-state index contributed by atoms with van der Waals surface area (Å²) < 4.78 is 1.00. The van der Waals surface area contributed by atoms with Gasteiger partial charge in [-0.1, -0.05) is 17.3 Å². The van der Waals surface area contributed by atoms with Gasteiger partial charge in [0.2, 0.25) is 0 Å². The van der Waals surface area contributed by atoms with Gasteiger partial charge in [-0.15, -0.1) is 0 Å².